The van der Waals surface area contributed by atoms with Crippen LogP contribution in [0.15, 0.2) is 42.9 Å². The van der Waals surface area contributed by atoms with Gasteiger partial charge in [-0.25, -0.2) is 14.8 Å². The summed E-state index contributed by atoms with van der Waals surface area (Å²) in [5.74, 6) is 1.85. The Morgan fingerprint density at radius 1 is 1.25 bits per heavy atom. The maximum atomic E-state index is 12.4. The number of anilines is 2. The predicted octanol–water partition coefficient (Wildman–Crippen LogP) is 4.12. The predicted molar refractivity (Wildman–Crippen MR) is 125 cm³/mol. The molecular weight excluding hydrogens is 402 g/mol. The molecule has 4 rings (SSSR count). The van der Waals surface area contributed by atoms with Crippen molar-refractivity contribution in [2.24, 2.45) is 18.9 Å². The molecule has 0 radical (unpaired) electrons. The Morgan fingerprint density at radius 2 is 2.06 bits per heavy atom. The van der Waals surface area contributed by atoms with Crippen LogP contribution in [-0.2, 0) is 13.6 Å². The standard InChI is InChI=1S/C24H31N7O/c1-16(2)9-18-13-31(14-18)24(32)26-11-20-6-5-19(10-17(20)3)22-7-8-25-23(29-22)28-21-12-27-30(4)15-21/h5-8,10,12,15-16,18H,9,11,13-14H2,1-4H3,(H,26,32)(H,25,28,29). The van der Waals surface area contributed by atoms with Crippen LogP contribution in [-0.4, -0.2) is 43.8 Å². The second-order valence-electron chi connectivity index (χ2n) is 8.99. The molecule has 1 aliphatic rings. The molecule has 0 bridgehead atoms. The smallest absolute Gasteiger partial charge is 0.317 e. The van der Waals surface area contributed by atoms with Gasteiger partial charge in [-0.15, -0.1) is 0 Å². The highest BCUT2D eigenvalue weighted by Gasteiger charge is 2.30. The van der Waals surface area contributed by atoms with Gasteiger partial charge < -0.3 is 15.5 Å². The largest absolute Gasteiger partial charge is 0.334 e. The van der Waals surface area contributed by atoms with Crippen molar-refractivity contribution in [1.82, 2.24) is 30.0 Å². The lowest BCUT2D eigenvalue weighted by Gasteiger charge is -2.40. The minimum Gasteiger partial charge on any atom is -0.334 e. The molecule has 1 aliphatic heterocycles. The van der Waals surface area contributed by atoms with Gasteiger partial charge in [0, 0.05) is 44.6 Å². The molecule has 3 heterocycles. The number of aromatic nitrogens is 4. The number of hydrogen-bond donors (Lipinski definition) is 2. The molecule has 2 aromatic heterocycles. The van der Waals surface area contributed by atoms with E-state index in [0.29, 0.717) is 24.3 Å². The average molecular weight is 434 g/mol. The highest BCUT2D eigenvalue weighted by atomic mass is 16.2. The molecule has 8 heteroatoms. The summed E-state index contributed by atoms with van der Waals surface area (Å²) in [5.41, 5.74) is 4.90. The number of aryl methyl sites for hydroxylation is 2. The maximum absolute atomic E-state index is 12.4. The van der Waals surface area contributed by atoms with Gasteiger partial charge in [-0.05, 0) is 48.4 Å². The van der Waals surface area contributed by atoms with E-state index in [1.807, 2.05) is 30.3 Å². The summed E-state index contributed by atoms with van der Waals surface area (Å²) in [5, 5.41) is 10.4. The number of urea groups is 1. The summed E-state index contributed by atoms with van der Waals surface area (Å²) < 4.78 is 1.72. The van der Waals surface area contributed by atoms with Gasteiger partial charge in [0.2, 0.25) is 5.95 Å². The molecule has 0 spiro atoms. The minimum absolute atomic E-state index is 0.0235. The van der Waals surface area contributed by atoms with E-state index in [1.165, 1.54) is 6.42 Å². The highest BCUT2D eigenvalue weighted by Crippen LogP contribution is 2.24. The van der Waals surface area contributed by atoms with Crippen molar-refractivity contribution in [2.75, 3.05) is 18.4 Å². The highest BCUT2D eigenvalue weighted by molar-refractivity contribution is 5.75. The Balaban J connectivity index is 1.35. The Kier molecular flexibility index (Phi) is 6.39. The number of rotatable bonds is 7. The third kappa shape index (κ3) is 5.25. The third-order valence-electron chi connectivity index (χ3n) is 5.73. The van der Waals surface area contributed by atoms with Crippen LogP contribution in [0.5, 0.6) is 0 Å². The van der Waals surface area contributed by atoms with E-state index in [0.717, 1.165) is 41.2 Å². The minimum atomic E-state index is 0.0235. The molecule has 2 N–H and O–H groups in total. The van der Waals surface area contributed by atoms with Crippen LogP contribution in [0, 0.1) is 18.8 Å². The lowest BCUT2D eigenvalue weighted by Crippen LogP contribution is -2.53. The quantitative estimate of drug-likeness (QED) is 0.585. The van der Waals surface area contributed by atoms with Crippen LogP contribution in [0.1, 0.15) is 31.4 Å². The normalized spacial score (nSPS) is 13.8. The second kappa shape index (κ2) is 9.38. The number of carbonyl (C=O) groups is 1. The van der Waals surface area contributed by atoms with Crippen molar-refractivity contribution >= 4 is 17.7 Å². The first-order valence-corrected chi connectivity index (χ1v) is 11.1. The third-order valence-corrected chi connectivity index (χ3v) is 5.73. The zero-order valence-corrected chi connectivity index (χ0v) is 19.2. The van der Waals surface area contributed by atoms with E-state index >= 15 is 0 Å². The van der Waals surface area contributed by atoms with Crippen molar-refractivity contribution in [3.05, 3.63) is 54.0 Å². The Hall–Kier alpha value is -3.42. The molecule has 1 fully saturated rings. The molecule has 3 aromatic rings. The van der Waals surface area contributed by atoms with Crippen molar-refractivity contribution in [1.29, 1.82) is 0 Å². The topological polar surface area (TPSA) is 88.0 Å². The number of hydrogen-bond acceptors (Lipinski definition) is 5. The summed E-state index contributed by atoms with van der Waals surface area (Å²) in [6.45, 7) is 8.77. The first kappa shape index (κ1) is 21.8. The van der Waals surface area contributed by atoms with Crippen LogP contribution in [0.3, 0.4) is 0 Å². The van der Waals surface area contributed by atoms with Crippen molar-refractivity contribution in [3.63, 3.8) is 0 Å². The Bertz CT molecular complexity index is 1090. The van der Waals surface area contributed by atoms with Crippen molar-refractivity contribution in [2.45, 2.75) is 33.7 Å². The molecule has 32 heavy (non-hydrogen) atoms. The maximum Gasteiger partial charge on any atom is 0.317 e. The van der Waals surface area contributed by atoms with Crippen LogP contribution in [0.4, 0.5) is 16.4 Å². The summed E-state index contributed by atoms with van der Waals surface area (Å²) in [7, 11) is 1.86. The Labute approximate surface area is 189 Å². The van der Waals surface area contributed by atoms with Gasteiger partial charge >= 0.3 is 6.03 Å². The van der Waals surface area contributed by atoms with E-state index in [-0.39, 0.29) is 6.03 Å². The zero-order valence-electron chi connectivity index (χ0n) is 19.2. The molecule has 2 amide bonds. The number of carbonyl (C=O) groups excluding carboxylic acids is 1. The second-order valence-corrected chi connectivity index (χ2v) is 8.99. The van der Waals surface area contributed by atoms with Crippen molar-refractivity contribution in [3.8, 4) is 11.3 Å². The first-order valence-electron chi connectivity index (χ1n) is 11.1. The van der Waals surface area contributed by atoms with Crippen molar-refractivity contribution < 1.29 is 4.79 Å². The number of amides is 2. The molecule has 0 saturated carbocycles. The lowest BCUT2D eigenvalue weighted by molar-refractivity contribution is 0.108. The fourth-order valence-corrected chi connectivity index (χ4v) is 4.08. The van der Waals surface area contributed by atoms with Gasteiger partial charge in [-0.1, -0.05) is 26.0 Å². The average Bonchev–Trinajstić information content (AvgIpc) is 3.13. The molecule has 8 nitrogen and oxygen atoms in total. The van der Waals surface area contributed by atoms with Crippen LogP contribution < -0.4 is 10.6 Å². The number of nitrogens with zero attached hydrogens (tertiary/aromatic N) is 5. The first-order chi connectivity index (χ1) is 15.4. The van der Waals surface area contributed by atoms with E-state index < -0.39 is 0 Å². The Morgan fingerprint density at radius 3 is 2.75 bits per heavy atom. The van der Waals surface area contributed by atoms with Gasteiger partial charge in [-0.2, -0.15) is 5.10 Å². The molecule has 0 atom stereocenters. The summed E-state index contributed by atoms with van der Waals surface area (Å²) in [4.78, 5) is 23.2. The molecule has 168 valence electrons. The number of benzene rings is 1. The van der Waals surface area contributed by atoms with E-state index in [4.69, 9.17) is 0 Å². The van der Waals surface area contributed by atoms with E-state index in [1.54, 1.807) is 17.1 Å². The van der Waals surface area contributed by atoms with Crippen LogP contribution >= 0.6 is 0 Å². The monoisotopic (exact) mass is 433 g/mol. The van der Waals surface area contributed by atoms with Crippen LogP contribution in [0.25, 0.3) is 11.3 Å². The number of likely N-dealkylation sites (tertiary alicyclic amines) is 1. The van der Waals surface area contributed by atoms with E-state index in [2.05, 4.69) is 58.6 Å². The molecule has 1 aromatic carbocycles. The van der Waals surface area contributed by atoms with Gasteiger partial charge in [0.15, 0.2) is 0 Å². The van der Waals surface area contributed by atoms with Crippen LogP contribution in [0.2, 0.25) is 0 Å². The summed E-state index contributed by atoms with van der Waals surface area (Å²) >= 11 is 0. The lowest BCUT2D eigenvalue weighted by atomic mass is 9.91. The van der Waals surface area contributed by atoms with Gasteiger partial charge in [0.1, 0.15) is 0 Å². The van der Waals surface area contributed by atoms with E-state index in [9.17, 15) is 4.79 Å². The summed E-state index contributed by atoms with van der Waals surface area (Å²) in [6.07, 6.45) is 6.53. The fraction of sp³-hybridized carbons (Fsp3) is 0.417. The van der Waals surface area contributed by atoms with Gasteiger partial charge in [-0.3, -0.25) is 4.68 Å². The SMILES string of the molecule is Cc1cc(-c2ccnc(Nc3cnn(C)c3)n2)ccc1CNC(=O)N1CC(CC(C)C)C1. The zero-order chi connectivity index (χ0) is 22.7. The summed E-state index contributed by atoms with van der Waals surface area (Å²) in [6, 6.07) is 8.10. The molecule has 0 unspecified atom stereocenters. The molecule has 0 aliphatic carbocycles. The fourth-order valence-electron chi connectivity index (χ4n) is 4.08. The van der Waals surface area contributed by atoms with Gasteiger partial charge in [0.25, 0.3) is 0 Å². The molecular formula is C24H31N7O. The van der Waals surface area contributed by atoms with Gasteiger partial charge in [0.05, 0.1) is 17.6 Å². The molecule has 1 saturated heterocycles. The number of nitrogens with one attached hydrogen (secondary N) is 2.